The minimum Gasteiger partial charge on any atom is -0.505 e. The van der Waals surface area contributed by atoms with Crippen LogP contribution in [0.2, 0.25) is 5.02 Å². The molecular formula is C40H31ClFIN4O5S. The molecule has 0 unspecified atom stereocenters. The van der Waals surface area contributed by atoms with E-state index in [-0.39, 0.29) is 24.7 Å². The highest BCUT2D eigenvalue weighted by atomic mass is 127. The lowest BCUT2D eigenvalue weighted by atomic mass is 9.51. The second kappa shape index (κ2) is 12.1. The van der Waals surface area contributed by atoms with E-state index in [2.05, 4.69) is 22.6 Å². The van der Waals surface area contributed by atoms with Crippen molar-refractivity contribution < 1.29 is 28.7 Å². The number of carbonyl (C=O) groups excluding carboxylic acids is 4. The number of nitrogens with zero attached hydrogens (tertiary/aromatic N) is 4. The van der Waals surface area contributed by atoms with Crippen molar-refractivity contribution in [3.05, 3.63) is 104 Å². The van der Waals surface area contributed by atoms with Crippen LogP contribution in [0.3, 0.4) is 0 Å². The van der Waals surface area contributed by atoms with Crippen molar-refractivity contribution in [2.24, 2.45) is 36.1 Å². The van der Waals surface area contributed by atoms with Gasteiger partial charge in [-0.1, -0.05) is 29.3 Å². The number of benzene rings is 3. The molecule has 0 spiro atoms. The minimum atomic E-state index is -1.38. The van der Waals surface area contributed by atoms with Gasteiger partial charge in [-0.2, -0.15) is 5.10 Å². The number of hydrogen-bond acceptors (Lipinski definition) is 7. The van der Waals surface area contributed by atoms with Crippen LogP contribution >= 0.6 is 45.5 Å². The van der Waals surface area contributed by atoms with E-state index in [0.29, 0.717) is 27.8 Å². The molecule has 3 fully saturated rings. The molecule has 2 aliphatic carbocycles. The summed E-state index contributed by atoms with van der Waals surface area (Å²) in [5.74, 6) is -6.34. The third-order valence-electron chi connectivity index (χ3n) is 11.9. The summed E-state index contributed by atoms with van der Waals surface area (Å²) in [5, 5.41) is 16.5. The Morgan fingerprint density at radius 3 is 2.45 bits per heavy atom. The molecule has 3 aromatic carbocycles. The van der Waals surface area contributed by atoms with Gasteiger partial charge in [-0.3, -0.25) is 28.8 Å². The molecule has 6 atom stereocenters. The minimum absolute atomic E-state index is 0.155. The molecule has 1 saturated carbocycles. The summed E-state index contributed by atoms with van der Waals surface area (Å²) in [4.78, 5) is 61.3. The molecule has 13 heteroatoms. The van der Waals surface area contributed by atoms with E-state index in [1.54, 1.807) is 49.6 Å². The normalized spacial score (nSPS) is 26.7. The zero-order valence-electron chi connectivity index (χ0n) is 28.6. The molecule has 9 nitrogen and oxygen atoms in total. The Morgan fingerprint density at radius 2 is 1.72 bits per heavy atom. The number of aryl methyl sites for hydroxylation is 2. The van der Waals surface area contributed by atoms with Crippen LogP contribution in [0.25, 0.3) is 20.7 Å². The summed E-state index contributed by atoms with van der Waals surface area (Å²) in [5.41, 5.74) is 1.81. The van der Waals surface area contributed by atoms with Crippen LogP contribution in [-0.2, 0) is 26.2 Å². The van der Waals surface area contributed by atoms with E-state index >= 15 is 4.39 Å². The topological polar surface area (TPSA) is 113 Å². The molecule has 5 aromatic rings. The van der Waals surface area contributed by atoms with Crippen LogP contribution in [0, 0.1) is 45.4 Å². The van der Waals surface area contributed by atoms with Crippen molar-refractivity contribution in [3.8, 4) is 16.3 Å². The molecular weight excluding hydrogens is 830 g/mol. The lowest BCUT2D eigenvalue weighted by Crippen LogP contribution is -2.49. The van der Waals surface area contributed by atoms with Gasteiger partial charge in [0.25, 0.3) is 0 Å². The van der Waals surface area contributed by atoms with Gasteiger partial charge in [0.05, 0.1) is 33.7 Å². The number of phenolic OH excluding ortho intramolecular Hbond substituents is 1. The molecule has 9 rings (SSSR count). The van der Waals surface area contributed by atoms with Gasteiger partial charge in [0.15, 0.2) is 11.6 Å². The quantitative estimate of drug-likeness (QED) is 0.111. The van der Waals surface area contributed by atoms with Crippen molar-refractivity contribution in [1.29, 1.82) is 0 Å². The van der Waals surface area contributed by atoms with Gasteiger partial charge in [-0.05, 0) is 126 Å². The summed E-state index contributed by atoms with van der Waals surface area (Å²) >= 11 is 10.0. The molecule has 2 aliphatic heterocycles. The monoisotopic (exact) mass is 860 g/mol. The molecule has 1 N–H and O–H groups in total. The number of thiophene rings is 1. The fourth-order valence-electron chi connectivity index (χ4n) is 9.38. The van der Waals surface area contributed by atoms with Gasteiger partial charge in [0, 0.05) is 32.3 Å². The van der Waals surface area contributed by atoms with Gasteiger partial charge < -0.3 is 5.11 Å². The maximum atomic E-state index is 15.1. The number of halogens is 3. The average Bonchev–Trinajstić information content (AvgIpc) is 3.80. The summed E-state index contributed by atoms with van der Waals surface area (Å²) in [7, 11) is 1.69. The summed E-state index contributed by atoms with van der Waals surface area (Å²) < 4.78 is 18.6. The second-order valence-corrected chi connectivity index (χ2v) is 17.3. The standard InChI is InChI=1S/C40H31ClFIN4O5S/c1-18-25-15-20(41)5-13-31(25)53-35(18)29-17-32(45(3)44-29)47-37(50)27-16-26-23(34(40(27,2)39(47)52)19-4-12-30(48)28(42)14-19)10-11-24-33(26)38(51)46(36(24)49)22-8-6-21(43)7-9-22/h4-10,12-15,17,24,26-27,33-34,48H,11,16H2,1-3H3/t24-,26+,27-,33-,34-,40+/m0/s1. The van der Waals surface area contributed by atoms with E-state index in [1.165, 1.54) is 26.6 Å². The van der Waals surface area contributed by atoms with Crippen molar-refractivity contribution in [3.63, 3.8) is 0 Å². The van der Waals surface area contributed by atoms with Crippen LogP contribution in [0.1, 0.15) is 36.8 Å². The number of anilines is 2. The molecule has 4 aliphatic rings. The number of allylic oxidation sites excluding steroid dienone is 2. The molecule has 2 aromatic heterocycles. The first-order valence-corrected chi connectivity index (χ1v) is 19.5. The molecule has 4 amide bonds. The summed E-state index contributed by atoms with van der Waals surface area (Å²) in [6, 6.07) is 18.6. The van der Waals surface area contributed by atoms with E-state index < -0.39 is 58.4 Å². The van der Waals surface area contributed by atoms with Crippen LogP contribution in [-0.4, -0.2) is 38.5 Å². The van der Waals surface area contributed by atoms with E-state index in [4.69, 9.17) is 16.7 Å². The lowest BCUT2D eigenvalue weighted by molar-refractivity contribution is -0.131. The smallest absolute Gasteiger partial charge is 0.242 e. The van der Waals surface area contributed by atoms with Gasteiger partial charge >= 0.3 is 0 Å². The Labute approximate surface area is 326 Å². The Kier molecular flexibility index (Phi) is 7.82. The number of aromatic hydroxyl groups is 1. The third kappa shape index (κ3) is 4.87. The summed E-state index contributed by atoms with van der Waals surface area (Å²) in [6.07, 6.45) is 2.34. The Hall–Kier alpha value is -4.40. The van der Waals surface area contributed by atoms with Gasteiger partial charge in [-0.25, -0.2) is 9.29 Å². The van der Waals surface area contributed by atoms with Crippen molar-refractivity contribution >= 4 is 90.7 Å². The zero-order chi connectivity index (χ0) is 37.2. The Morgan fingerprint density at radius 1 is 0.962 bits per heavy atom. The number of rotatable bonds is 4. The maximum Gasteiger partial charge on any atom is 0.242 e. The molecule has 0 radical (unpaired) electrons. The van der Waals surface area contributed by atoms with Crippen molar-refractivity contribution in [2.75, 3.05) is 9.80 Å². The highest BCUT2D eigenvalue weighted by Crippen LogP contribution is 2.64. The largest absolute Gasteiger partial charge is 0.505 e. The molecule has 53 heavy (non-hydrogen) atoms. The van der Waals surface area contributed by atoms with Gasteiger partial charge in [0.1, 0.15) is 11.5 Å². The summed E-state index contributed by atoms with van der Waals surface area (Å²) in [6.45, 7) is 3.73. The van der Waals surface area contributed by atoms with Crippen LogP contribution in [0.15, 0.2) is 78.4 Å². The first kappa shape index (κ1) is 34.4. The highest BCUT2D eigenvalue weighted by Gasteiger charge is 2.68. The first-order valence-electron chi connectivity index (χ1n) is 17.2. The van der Waals surface area contributed by atoms with E-state index in [1.807, 2.05) is 43.3 Å². The van der Waals surface area contributed by atoms with Gasteiger partial charge in [-0.15, -0.1) is 11.3 Å². The Bertz CT molecular complexity index is 2500. The number of phenols is 1. The highest BCUT2D eigenvalue weighted by molar-refractivity contribution is 14.1. The number of imide groups is 2. The molecule has 268 valence electrons. The second-order valence-electron chi connectivity index (χ2n) is 14.6. The zero-order valence-corrected chi connectivity index (χ0v) is 32.4. The fourth-order valence-corrected chi connectivity index (χ4v) is 11.1. The van der Waals surface area contributed by atoms with Gasteiger partial charge in [0.2, 0.25) is 23.6 Å². The number of fused-ring (bicyclic) bond motifs is 5. The molecule has 2 saturated heterocycles. The average molecular weight is 861 g/mol. The molecule has 4 heterocycles. The number of aromatic nitrogens is 2. The van der Waals surface area contributed by atoms with Crippen molar-refractivity contribution in [1.82, 2.24) is 9.78 Å². The number of hydrogen-bond donors (Lipinski definition) is 1. The number of amides is 4. The SMILES string of the molecule is Cc1c(-c2cc(N3C(=O)[C@@H]4C[C@@H]5C(=CC[C@@H]6C(=O)N(c7ccc(I)cc7)C(=O)[C@@H]65)[C@H](c5ccc(O)c(F)c5)[C@]4(C)C3=O)n(C)n2)sc2ccc(Cl)cc12. The Balaban J connectivity index is 1.15. The lowest BCUT2D eigenvalue weighted by Gasteiger charge is -2.49. The number of carbonyl (C=O) groups is 4. The first-order chi connectivity index (χ1) is 25.3. The van der Waals surface area contributed by atoms with E-state index in [0.717, 1.165) is 29.7 Å². The third-order valence-corrected chi connectivity index (χ3v) is 14.1. The van der Waals surface area contributed by atoms with E-state index in [9.17, 15) is 24.3 Å². The van der Waals surface area contributed by atoms with Crippen LogP contribution in [0.5, 0.6) is 5.75 Å². The fraction of sp³-hybridized carbons (Fsp3) is 0.275. The molecule has 0 bridgehead atoms. The van der Waals surface area contributed by atoms with Crippen LogP contribution < -0.4 is 9.80 Å². The van der Waals surface area contributed by atoms with Crippen molar-refractivity contribution in [2.45, 2.75) is 32.6 Å². The predicted molar refractivity (Wildman–Crippen MR) is 208 cm³/mol. The van der Waals surface area contributed by atoms with Crippen LogP contribution in [0.4, 0.5) is 15.9 Å². The maximum absolute atomic E-state index is 15.1. The predicted octanol–water partition coefficient (Wildman–Crippen LogP) is 8.15.